The van der Waals surface area contributed by atoms with Crippen LogP contribution in [-0.4, -0.2) is 79.6 Å². The van der Waals surface area contributed by atoms with Crippen molar-refractivity contribution >= 4 is 11.9 Å². The second-order valence-corrected chi connectivity index (χ2v) is 5.15. The molecule has 0 bridgehead atoms. The van der Waals surface area contributed by atoms with Crippen LogP contribution in [0.4, 0.5) is 0 Å². The maximum atomic E-state index is 11.6. The molecule has 0 unspecified atom stereocenters. The monoisotopic (exact) mass is 350 g/mol. The van der Waals surface area contributed by atoms with Gasteiger partial charge in [-0.1, -0.05) is 13.2 Å². The van der Waals surface area contributed by atoms with E-state index in [-0.39, 0.29) is 11.1 Å². The van der Waals surface area contributed by atoms with E-state index in [9.17, 15) is 35.1 Å². The molecule has 0 aliphatic carbocycles. The van der Waals surface area contributed by atoms with Crippen LogP contribution in [0, 0.1) is 0 Å². The van der Waals surface area contributed by atoms with Crippen molar-refractivity contribution < 1.29 is 49.7 Å². The third kappa shape index (κ3) is 5.67. The van der Waals surface area contributed by atoms with Gasteiger partial charge in [0.05, 0.1) is 6.61 Å². The van der Waals surface area contributed by atoms with E-state index in [1.54, 1.807) is 0 Å². The summed E-state index contributed by atoms with van der Waals surface area (Å²) < 4.78 is 8.87. The minimum Gasteiger partial charge on any atom is -0.394 e. The van der Waals surface area contributed by atoms with Gasteiger partial charge in [-0.3, -0.25) is 0 Å². The summed E-state index contributed by atoms with van der Waals surface area (Å²) in [5.41, 5.74) is -0.477. The van der Waals surface area contributed by atoms with Crippen LogP contribution in [-0.2, 0) is 19.1 Å². The molecule has 0 radical (unpaired) electrons. The van der Waals surface area contributed by atoms with E-state index in [0.717, 1.165) is 0 Å². The lowest BCUT2D eigenvalue weighted by atomic mass is 10.0. The summed E-state index contributed by atoms with van der Waals surface area (Å²) in [6.45, 7) is 7.84. The Hall–Kier alpha value is -1.82. The van der Waals surface area contributed by atoms with E-state index in [1.807, 2.05) is 0 Å². The normalized spacial score (nSPS) is 16.5. The lowest BCUT2D eigenvalue weighted by Gasteiger charge is -2.35. The fourth-order valence-electron chi connectivity index (χ4n) is 1.32. The molecule has 0 aromatic rings. The van der Waals surface area contributed by atoms with Gasteiger partial charge >= 0.3 is 17.9 Å². The first-order valence-electron chi connectivity index (χ1n) is 6.70. The van der Waals surface area contributed by atoms with E-state index in [2.05, 4.69) is 22.6 Å². The molecule has 0 amide bonds. The molecular weight excluding hydrogens is 328 g/mol. The minimum atomic E-state index is -3.42. The lowest BCUT2D eigenvalue weighted by molar-refractivity contribution is -0.373. The van der Waals surface area contributed by atoms with E-state index in [1.165, 1.54) is 13.8 Å². The Kier molecular flexibility index (Phi) is 8.20. The Morgan fingerprint density at radius 2 is 1.33 bits per heavy atom. The van der Waals surface area contributed by atoms with E-state index >= 15 is 0 Å². The summed E-state index contributed by atoms with van der Waals surface area (Å²) in [7, 11) is 0. The smallest absolute Gasteiger partial charge is 0.394 e. The molecule has 0 fully saturated rings. The zero-order valence-corrected chi connectivity index (χ0v) is 13.2. The van der Waals surface area contributed by atoms with Gasteiger partial charge in [-0.2, -0.15) is 0 Å². The minimum absolute atomic E-state index is 0.238. The van der Waals surface area contributed by atoms with Gasteiger partial charge in [-0.05, 0) is 13.8 Å². The number of hydrogen-bond acceptors (Lipinski definition) is 10. The number of hydrogen-bond donors (Lipinski definition) is 6. The molecule has 0 rings (SSSR count). The van der Waals surface area contributed by atoms with Crippen LogP contribution in [0.3, 0.4) is 0 Å². The number of rotatable bonds is 9. The molecule has 0 aliphatic heterocycles. The first-order chi connectivity index (χ1) is 10.9. The Labute approximate surface area is 137 Å². The molecule has 0 saturated carbocycles. The number of aliphatic hydroxyl groups excluding tert-OH is 5. The van der Waals surface area contributed by atoms with Gasteiger partial charge in [0.25, 0.3) is 0 Å². The molecule has 0 aromatic heterocycles. The predicted octanol–water partition coefficient (Wildman–Crippen LogP) is -2.69. The van der Waals surface area contributed by atoms with Crippen molar-refractivity contribution in [2.24, 2.45) is 0 Å². The quantitative estimate of drug-likeness (QED) is 0.146. The van der Waals surface area contributed by atoms with Crippen molar-refractivity contribution in [2.75, 3.05) is 6.61 Å². The highest BCUT2D eigenvalue weighted by Gasteiger charge is 2.51. The molecule has 0 aromatic carbocycles. The average molecular weight is 350 g/mol. The largest absolute Gasteiger partial charge is 0.404 e. The standard InChI is InChI=1S/C14H22O10/c1-6(2)12(20)23-14(22,24-13(21)7(3)4)11(19)10(18)9(17)8(16)5-15/h8-11,15-19,22H,1,3,5H2,2,4H3/t8-,9-,10-,11-/m1/s1. The molecule has 0 saturated heterocycles. The van der Waals surface area contributed by atoms with Crippen molar-refractivity contribution in [3.8, 4) is 0 Å². The van der Waals surface area contributed by atoms with Crippen LogP contribution in [0.15, 0.2) is 24.3 Å². The van der Waals surface area contributed by atoms with Crippen molar-refractivity contribution in [3.63, 3.8) is 0 Å². The Balaban J connectivity index is 5.57. The summed E-state index contributed by atoms with van der Waals surface area (Å²) in [5.74, 6) is -5.98. The number of esters is 2. The van der Waals surface area contributed by atoms with Crippen LogP contribution < -0.4 is 0 Å². The number of carbonyl (C=O) groups is 2. The van der Waals surface area contributed by atoms with Gasteiger partial charge in [0.15, 0.2) is 6.10 Å². The van der Waals surface area contributed by atoms with Gasteiger partial charge in [0, 0.05) is 11.1 Å². The second-order valence-electron chi connectivity index (χ2n) is 5.15. The van der Waals surface area contributed by atoms with Crippen molar-refractivity contribution in [1.82, 2.24) is 0 Å². The van der Waals surface area contributed by atoms with Crippen LogP contribution in [0.1, 0.15) is 13.8 Å². The molecule has 10 heteroatoms. The molecule has 6 N–H and O–H groups in total. The molecule has 4 atom stereocenters. The molecular formula is C14H22O10. The first-order valence-corrected chi connectivity index (χ1v) is 6.70. The van der Waals surface area contributed by atoms with Crippen LogP contribution >= 0.6 is 0 Å². The molecule has 10 nitrogen and oxygen atoms in total. The van der Waals surface area contributed by atoms with Crippen LogP contribution in [0.2, 0.25) is 0 Å². The summed E-state index contributed by atoms with van der Waals surface area (Å²) in [6, 6.07) is 0. The van der Waals surface area contributed by atoms with Gasteiger partial charge < -0.3 is 40.1 Å². The lowest BCUT2D eigenvalue weighted by Crippen LogP contribution is -2.59. The average Bonchev–Trinajstić information content (AvgIpc) is 2.51. The number of carbonyl (C=O) groups excluding carboxylic acids is 2. The van der Waals surface area contributed by atoms with Gasteiger partial charge in [-0.15, -0.1) is 0 Å². The van der Waals surface area contributed by atoms with Crippen molar-refractivity contribution in [1.29, 1.82) is 0 Å². The van der Waals surface area contributed by atoms with Crippen molar-refractivity contribution in [3.05, 3.63) is 24.3 Å². The first kappa shape index (κ1) is 22.2. The van der Waals surface area contributed by atoms with Crippen molar-refractivity contribution in [2.45, 2.75) is 44.2 Å². The predicted molar refractivity (Wildman–Crippen MR) is 77.9 cm³/mol. The summed E-state index contributed by atoms with van der Waals surface area (Å²) >= 11 is 0. The third-order valence-electron chi connectivity index (χ3n) is 2.80. The van der Waals surface area contributed by atoms with E-state index < -0.39 is 48.9 Å². The molecule has 24 heavy (non-hydrogen) atoms. The number of aliphatic hydroxyl groups is 6. The Morgan fingerprint density at radius 1 is 0.958 bits per heavy atom. The van der Waals surface area contributed by atoms with Gasteiger partial charge in [-0.25, -0.2) is 9.59 Å². The fraction of sp³-hybridized carbons (Fsp3) is 0.571. The second kappa shape index (κ2) is 8.87. The molecule has 138 valence electrons. The highest BCUT2D eigenvalue weighted by Crippen LogP contribution is 2.23. The molecule has 0 aliphatic rings. The zero-order valence-electron chi connectivity index (χ0n) is 13.2. The summed E-state index contributed by atoms with van der Waals surface area (Å²) in [5, 5.41) is 57.4. The highest BCUT2D eigenvalue weighted by molar-refractivity contribution is 5.88. The third-order valence-corrected chi connectivity index (χ3v) is 2.80. The van der Waals surface area contributed by atoms with Gasteiger partial charge in [0.1, 0.15) is 18.3 Å². The van der Waals surface area contributed by atoms with E-state index in [4.69, 9.17) is 5.11 Å². The van der Waals surface area contributed by atoms with E-state index in [0.29, 0.717) is 0 Å². The SMILES string of the molecule is C=C(C)C(=O)OC(O)(OC(=O)C(=C)C)[C@H](O)[C@H](O)[C@H](O)[C@H](O)CO. The molecule has 0 heterocycles. The van der Waals surface area contributed by atoms with Gasteiger partial charge in [0.2, 0.25) is 0 Å². The maximum absolute atomic E-state index is 11.6. The summed E-state index contributed by atoms with van der Waals surface area (Å²) in [6.07, 6.45) is -9.02. The fourth-order valence-corrected chi connectivity index (χ4v) is 1.32. The summed E-state index contributed by atoms with van der Waals surface area (Å²) in [4.78, 5) is 23.1. The maximum Gasteiger partial charge on any atom is 0.404 e. The van der Waals surface area contributed by atoms with Crippen LogP contribution in [0.5, 0.6) is 0 Å². The van der Waals surface area contributed by atoms with Crippen LogP contribution in [0.25, 0.3) is 0 Å². The zero-order chi connectivity index (χ0) is 19.2. The Morgan fingerprint density at radius 3 is 1.62 bits per heavy atom. The molecule has 0 spiro atoms. The number of ether oxygens (including phenoxy) is 2. The topological polar surface area (TPSA) is 174 Å². The Bertz CT molecular complexity index is 472. The highest BCUT2D eigenvalue weighted by atomic mass is 16.8.